The van der Waals surface area contributed by atoms with Crippen LogP contribution in [0.2, 0.25) is 0 Å². The molecular weight excluding hydrogens is 188 g/mol. The van der Waals surface area contributed by atoms with Gasteiger partial charge in [-0.1, -0.05) is 0 Å². The summed E-state index contributed by atoms with van der Waals surface area (Å²) in [6.45, 7) is 3.03. The highest BCUT2D eigenvalue weighted by Crippen LogP contribution is 2.34. The molecule has 1 atom stereocenters. The van der Waals surface area contributed by atoms with Crippen LogP contribution in [-0.2, 0) is 4.74 Å². The van der Waals surface area contributed by atoms with Crippen LogP contribution in [0.1, 0.15) is 25.7 Å². The van der Waals surface area contributed by atoms with Gasteiger partial charge < -0.3 is 15.0 Å². The molecule has 2 aliphatic rings. The predicted molar refractivity (Wildman–Crippen MR) is 62.0 cm³/mol. The second-order valence-corrected chi connectivity index (χ2v) is 5.16. The molecule has 0 aromatic rings. The Kier molecular flexibility index (Phi) is 4.00. The minimum Gasteiger partial charge on any atom is -0.381 e. The van der Waals surface area contributed by atoms with E-state index in [-0.39, 0.29) is 0 Å². The second-order valence-electron chi connectivity index (χ2n) is 5.16. The number of hydrogen-bond donors (Lipinski definition) is 1. The summed E-state index contributed by atoms with van der Waals surface area (Å²) < 4.78 is 5.36. The maximum atomic E-state index is 5.36. The van der Waals surface area contributed by atoms with E-state index in [4.69, 9.17) is 4.74 Å². The molecule has 1 unspecified atom stereocenters. The van der Waals surface area contributed by atoms with E-state index in [1.165, 1.54) is 25.7 Å². The first kappa shape index (κ1) is 11.4. The van der Waals surface area contributed by atoms with Gasteiger partial charge >= 0.3 is 0 Å². The van der Waals surface area contributed by atoms with Gasteiger partial charge in [0.1, 0.15) is 0 Å². The Morgan fingerprint density at radius 2 is 1.87 bits per heavy atom. The van der Waals surface area contributed by atoms with E-state index in [0.29, 0.717) is 6.04 Å². The lowest BCUT2D eigenvalue weighted by Crippen LogP contribution is -2.44. The van der Waals surface area contributed by atoms with Crippen molar-refractivity contribution in [3.8, 4) is 0 Å². The van der Waals surface area contributed by atoms with Gasteiger partial charge in [0.05, 0.1) is 0 Å². The molecule has 0 amide bonds. The van der Waals surface area contributed by atoms with Gasteiger partial charge in [-0.2, -0.15) is 0 Å². The summed E-state index contributed by atoms with van der Waals surface area (Å²) in [6.07, 6.45) is 5.23. The molecule has 1 aliphatic carbocycles. The molecule has 2 fully saturated rings. The molecule has 0 radical (unpaired) electrons. The zero-order chi connectivity index (χ0) is 10.7. The average Bonchev–Trinajstić information content (AvgIpc) is 3.03. The quantitative estimate of drug-likeness (QED) is 0.738. The number of nitrogens with one attached hydrogen (secondary N) is 1. The van der Waals surface area contributed by atoms with Crippen molar-refractivity contribution in [2.75, 3.05) is 33.9 Å². The topological polar surface area (TPSA) is 24.5 Å². The average molecular weight is 212 g/mol. The highest BCUT2D eigenvalue weighted by molar-refractivity contribution is 4.88. The van der Waals surface area contributed by atoms with Crippen LogP contribution in [0.4, 0.5) is 0 Å². The molecule has 1 saturated carbocycles. The molecule has 0 aromatic heterocycles. The molecule has 1 aliphatic heterocycles. The van der Waals surface area contributed by atoms with Crippen LogP contribution in [0.3, 0.4) is 0 Å². The van der Waals surface area contributed by atoms with Crippen molar-refractivity contribution < 1.29 is 4.74 Å². The van der Waals surface area contributed by atoms with Gasteiger partial charge in [0.2, 0.25) is 0 Å². The Morgan fingerprint density at radius 1 is 1.20 bits per heavy atom. The first-order valence-electron chi connectivity index (χ1n) is 6.25. The van der Waals surface area contributed by atoms with Gasteiger partial charge in [-0.05, 0) is 45.7 Å². The minimum atomic E-state index is 0.694. The van der Waals surface area contributed by atoms with Crippen molar-refractivity contribution in [1.82, 2.24) is 10.2 Å². The molecule has 2 rings (SSSR count). The van der Waals surface area contributed by atoms with Crippen molar-refractivity contribution in [2.24, 2.45) is 5.92 Å². The maximum absolute atomic E-state index is 5.36. The third kappa shape index (κ3) is 3.44. The Bertz CT molecular complexity index is 184. The fourth-order valence-electron chi connectivity index (χ4n) is 2.44. The lowest BCUT2D eigenvalue weighted by molar-refractivity contribution is 0.0756. The van der Waals surface area contributed by atoms with E-state index < -0.39 is 0 Å². The second kappa shape index (κ2) is 5.28. The zero-order valence-corrected chi connectivity index (χ0v) is 10.0. The third-order valence-electron chi connectivity index (χ3n) is 3.67. The Hall–Kier alpha value is -0.120. The molecule has 0 bridgehead atoms. The van der Waals surface area contributed by atoms with Crippen LogP contribution in [0.25, 0.3) is 0 Å². The van der Waals surface area contributed by atoms with Crippen LogP contribution in [0, 0.1) is 5.92 Å². The molecule has 1 N–H and O–H groups in total. The van der Waals surface area contributed by atoms with Gasteiger partial charge in [-0.25, -0.2) is 0 Å². The van der Waals surface area contributed by atoms with Crippen molar-refractivity contribution in [1.29, 1.82) is 0 Å². The number of likely N-dealkylation sites (N-methyl/N-ethyl adjacent to an activating group) is 1. The minimum absolute atomic E-state index is 0.694. The number of ether oxygens (including phenoxy) is 1. The fourth-order valence-corrected chi connectivity index (χ4v) is 2.44. The monoisotopic (exact) mass is 212 g/mol. The Labute approximate surface area is 93.2 Å². The highest BCUT2D eigenvalue weighted by atomic mass is 16.5. The van der Waals surface area contributed by atoms with Gasteiger partial charge in [-0.3, -0.25) is 0 Å². The molecule has 1 heterocycles. The Morgan fingerprint density at radius 3 is 2.40 bits per heavy atom. The fraction of sp³-hybridized carbons (Fsp3) is 1.00. The van der Waals surface area contributed by atoms with Crippen molar-refractivity contribution in [3.05, 3.63) is 0 Å². The number of rotatable bonds is 5. The van der Waals surface area contributed by atoms with E-state index in [2.05, 4.69) is 24.3 Å². The van der Waals surface area contributed by atoms with Crippen LogP contribution in [-0.4, -0.2) is 50.8 Å². The van der Waals surface area contributed by atoms with Crippen molar-refractivity contribution in [3.63, 3.8) is 0 Å². The summed E-state index contributed by atoms with van der Waals surface area (Å²) in [5, 5.41) is 3.70. The van der Waals surface area contributed by atoms with Gasteiger partial charge in [0.15, 0.2) is 0 Å². The zero-order valence-electron chi connectivity index (χ0n) is 10.0. The molecule has 3 heteroatoms. The smallest absolute Gasteiger partial charge is 0.0480 e. The van der Waals surface area contributed by atoms with Gasteiger partial charge in [-0.15, -0.1) is 0 Å². The van der Waals surface area contributed by atoms with Crippen molar-refractivity contribution >= 4 is 0 Å². The SMILES string of the molecule is CN(C)C(CNC1CCOCC1)C1CC1. The molecule has 3 nitrogen and oxygen atoms in total. The molecule has 88 valence electrons. The summed E-state index contributed by atoms with van der Waals surface area (Å²) in [6, 6.07) is 1.44. The maximum Gasteiger partial charge on any atom is 0.0480 e. The van der Waals surface area contributed by atoms with Crippen LogP contribution >= 0.6 is 0 Å². The summed E-state index contributed by atoms with van der Waals surface area (Å²) in [5.41, 5.74) is 0. The van der Waals surface area contributed by atoms with E-state index in [1.54, 1.807) is 0 Å². The van der Waals surface area contributed by atoms with Crippen LogP contribution in [0.5, 0.6) is 0 Å². The van der Waals surface area contributed by atoms with E-state index in [0.717, 1.165) is 31.7 Å². The molecule has 0 spiro atoms. The van der Waals surface area contributed by atoms with Gasteiger partial charge in [0, 0.05) is 31.8 Å². The lowest BCUT2D eigenvalue weighted by atomic mass is 10.1. The molecular formula is C12H24N2O. The van der Waals surface area contributed by atoms with Crippen LogP contribution < -0.4 is 5.32 Å². The summed E-state index contributed by atoms with van der Waals surface area (Å²) >= 11 is 0. The highest BCUT2D eigenvalue weighted by Gasteiger charge is 2.32. The molecule has 15 heavy (non-hydrogen) atoms. The third-order valence-corrected chi connectivity index (χ3v) is 3.67. The lowest BCUT2D eigenvalue weighted by Gasteiger charge is -2.29. The van der Waals surface area contributed by atoms with Gasteiger partial charge in [0.25, 0.3) is 0 Å². The summed E-state index contributed by atoms with van der Waals surface area (Å²) in [5.74, 6) is 0.951. The summed E-state index contributed by atoms with van der Waals surface area (Å²) in [7, 11) is 4.41. The first-order valence-corrected chi connectivity index (χ1v) is 6.25. The normalized spacial score (nSPS) is 25.8. The van der Waals surface area contributed by atoms with E-state index >= 15 is 0 Å². The largest absolute Gasteiger partial charge is 0.381 e. The predicted octanol–water partition coefficient (Wildman–Crippen LogP) is 1.10. The molecule has 0 aromatic carbocycles. The molecule has 1 saturated heterocycles. The number of hydrogen-bond acceptors (Lipinski definition) is 3. The van der Waals surface area contributed by atoms with E-state index in [9.17, 15) is 0 Å². The standard InChI is InChI=1S/C12H24N2O/c1-14(2)12(10-3-4-10)9-13-11-5-7-15-8-6-11/h10-13H,3-9H2,1-2H3. The summed E-state index contributed by atoms with van der Waals surface area (Å²) in [4.78, 5) is 2.38. The van der Waals surface area contributed by atoms with Crippen molar-refractivity contribution in [2.45, 2.75) is 37.8 Å². The first-order chi connectivity index (χ1) is 7.27. The Balaban J connectivity index is 1.69. The number of nitrogens with zero attached hydrogens (tertiary/aromatic N) is 1. The van der Waals surface area contributed by atoms with E-state index in [1.807, 2.05) is 0 Å². The van der Waals surface area contributed by atoms with Crippen LogP contribution in [0.15, 0.2) is 0 Å².